The van der Waals surface area contributed by atoms with Crippen molar-refractivity contribution >= 4 is 5.71 Å². The van der Waals surface area contributed by atoms with Crippen LogP contribution in [0.5, 0.6) is 0 Å². The van der Waals surface area contributed by atoms with Gasteiger partial charge in [-0.05, 0) is 38.5 Å². The SMILES string of the molecule is CC1=NCc2c(oc(-c3ccc(C)cc3)c2-c2ccc(C)cc2)-n2cccc21. The molecule has 0 fully saturated rings. The molecule has 0 bridgehead atoms. The first kappa shape index (κ1) is 16.8. The number of aryl methyl sites for hydroxylation is 2. The minimum Gasteiger partial charge on any atom is -0.439 e. The third-order valence-electron chi connectivity index (χ3n) is 5.45. The highest BCUT2D eigenvalue weighted by atomic mass is 16.4. The van der Waals surface area contributed by atoms with E-state index in [2.05, 4.69) is 86.1 Å². The van der Waals surface area contributed by atoms with Gasteiger partial charge in [-0.1, -0.05) is 59.7 Å². The van der Waals surface area contributed by atoms with Gasteiger partial charge in [0, 0.05) is 22.9 Å². The molecule has 0 saturated heterocycles. The predicted octanol–water partition coefficient (Wildman–Crippen LogP) is 6.34. The first-order chi connectivity index (χ1) is 13.6. The number of furan rings is 1. The Bertz CT molecular complexity index is 1190. The molecule has 0 aliphatic carbocycles. The lowest BCUT2D eigenvalue weighted by Gasteiger charge is -2.07. The Morgan fingerprint density at radius 2 is 1.46 bits per heavy atom. The molecule has 0 saturated carbocycles. The average Bonchev–Trinajstić information content (AvgIpc) is 3.29. The number of aromatic nitrogens is 1. The normalized spacial score (nSPS) is 12.9. The fourth-order valence-corrected chi connectivity index (χ4v) is 3.86. The second-order valence-electron chi connectivity index (χ2n) is 7.49. The van der Waals surface area contributed by atoms with Crippen LogP contribution in [0.25, 0.3) is 28.3 Å². The van der Waals surface area contributed by atoms with Crippen molar-refractivity contribution in [2.75, 3.05) is 0 Å². The van der Waals surface area contributed by atoms with E-state index in [-0.39, 0.29) is 0 Å². The van der Waals surface area contributed by atoms with Gasteiger partial charge in [0.05, 0.1) is 18.0 Å². The molecule has 2 aromatic heterocycles. The van der Waals surface area contributed by atoms with Crippen LogP contribution >= 0.6 is 0 Å². The third-order valence-corrected chi connectivity index (χ3v) is 5.45. The molecule has 0 amide bonds. The number of fused-ring (bicyclic) bond motifs is 3. The number of benzene rings is 2. The Hall–Kier alpha value is -3.33. The second kappa shape index (κ2) is 6.38. The Kier molecular flexibility index (Phi) is 3.83. The number of hydrogen-bond acceptors (Lipinski definition) is 2. The first-order valence-corrected chi connectivity index (χ1v) is 9.61. The minimum atomic E-state index is 0.613. The number of rotatable bonds is 2. The second-order valence-corrected chi connectivity index (χ2v) is 7.49. The lowest BCUT2D eigenvalue weighted by atomic mass is 9.96. The van der Waals surface area contributed by atoms with Crippen LogP contribution in [0.15, 0.2) is 76.3 Å². The molecule has 138 valence electrons. The third kappa shape index (κ3) is 2.63. The van der Waals surface area contributed by atoms with Crippen molar-refractivity contribution in [1.82, 2.24) is 4.57 Å². The summed E-state index contributed by atoms with van der Waals surface area (Å²) in [7, 11) is 0. The Labute approximate surface area is 165 Å². The van der Waals surface area contributed by atoms with E-state index >= 15 is 0 Å². The lowest BCUT2D eigenvalue weighted by molar-refractivity contribution is 0.549. The molecule has 4 aromatic rings. The van der Waals surface area contributed by atoms with E-state index in [1.807, 2.05) is 6.07 Å². The van der Waals surface area contributed by atoms with Gasteiger partial charge in [0.1, 0.15) is 5.76 Å². The van der Waals surface area contributed by atoms with Crippen molar-refractivity contribution in [2.45, 2.75) is 27.3 Å². The molecule has 1 aliphatic heterocycles. The highest BCUT2D eigenvalue weighted by Gasteiger charge is 2.26. The molecule has 3 heteroatoms. The summed E-state index contributed by atoms with van der Waals surface area (Å²) in [4.78, 5) is 4.84. The summed E-state index contributed by atoms with van der Waals surface area (Å²) in [5, 5.41) is 0. The van der Waals surface area contributed by atoms with Crippen molar-refractivity contribution in [3.05, 3.63) is 89.2 Å². The highest BCUT2D eigenvalue weighted by Crippen LogP contribution is 2.42. The maximum absolute atomic E-state index is 6.55. The van der Waals surface area contributed by atoms with E-state index in [4.69, 9.17) is 9.41 Å². The average molecular weight is 366 g/mol. The highest BCUT2D eigenvalue weighted by molar-refractivity contribution is 5.99. The zero-order chi connectivity index (χ0) is 19.3. The first-order valence-electron chi connectivity index (χ1n) is 9.61. The van der Waals surface area contributed by atoms with Crippen LogP contribution in [0, 0.1) is 13.8 Å². The molecule has 28 heavy (non-hydrogen) atoms. The molecule has 0 radical (unpaired) electrons. The molecule has 0 unspecified atom stereocenters. The predicted molar refractivity (Wildman–Crippen MR) is 114 cm³/mol. The van der Waals surface area contributed by atoms with Crippen LogP contribution in [-0.2, 0) is 6.54 Å². The van der Waals surface area contributed by atoms with Crippen molar-refractivity contribution in [1.29, 1.82) is 0 Å². The van der Waals surface area contributed by atoms with Crippen molar-refractivity contribution in [2.24, 2.45) is 4.99 Å². The van der Waals surface area contributed by atoms with Crippen molar-refractivity contribution in [3.8, 4) is 28.3 Å². The summed E-state index contributed by atoms with van der Waals surface area (Å²) in [5.74, 6) is 1.77. The van der Waals surface area contributed by atoms with Crippen LogP contribution in [-0.4, -0.2) is 10.3 Å². The monoisotopic (exact) mass is 366 g/mol. The van der Waals surface area contributed by atoms with Crippen LogP contribution in [0.2, 0.25) is 0 Å². The molecule has 0 spiro atoms. The Morgan fingerprint density at radius 1 is 0.821 bits per heavy atom. The molecular formula is C25H22N2O. The van der Waals surface area contributed by atoms with E-state index in [9.17, 15) is 0 Å². The summed E-state index contributed by atoms with van der Waals surface area (Å²) >= 11 is 0. The topological polar surface area (TPSA) is 30.4 Å². The summed E-state index contributed by atoms with van der Waals surface area (Å²) < 4.78 is 8.67. The van der Waals surface area contributed by atoms with Gasteiger partial charge < -0.3 is 4.42 Å². The van der Waals surface area contributed by atoms with Gasteiger partial charge in [-0.15, -0.1) is 0 Å². The molecule has 0 N–H and O–H groups in total. The van der Waals surface area contributed by atoms with Gasteiger partial charge in [-0.25, -0.2) is 0 Å². The number of hydrogen-bond donors (Lipinski definition) is 0. The Morgan fingerprint density at radius 3 is 2.14 bits per heavy atom. The zero-order valence-electron chi connectivity index (χ0n) is 16.4. The van der Waals surface area contributed by atoms with Gasteiger partial charge >= 0.3 is 0 Å². The Balaban J connectivity index is 1.81. The molecule has 0 atom stereocenters. The maximum Gasteiger partial charge on any atom is 0.210 e. The molecular weight excluding hydrogens is 344 g/mol. The van der Waals surface area contributed by atoms with E-state index in [1.54, 1.807) is 0 Å². The molecule has 1 aliphatic rings. The lowest BCUT2D eigenvalue weighted by Crippen LogP contribution is -2.01. The largest absolute Gasteiger partial charge is 0.439 e. The zero-order valence-corrected chi connectivity index (χ0v) is 16.4. The van der Waals surface area contributed by atoms with Crippen LogP contribution in [0.3, 0.4) is 0 Å². The number of aliphatic imine (C=N–C) groups is 1. The van der Waals surface area contributed by atoms with E-state index < -0.39 is 0 Å². The summed E-state index contributed by atoms with van der Waals surface area (Å²) in [6.07, 6.45) is 2.06. The minimum absolute atomic E-state index is 0.613. The van der Waals surface area contributed by atoms with Crippen molar-refractivity contribution in [3.63, 3.8) is 0 Å². The van der Waals surface area contributed by atoms with E-state index in [1.165, 1.54) is 11.1 Å². The van der Waals surface area contributed by atoms with E-state index in [0.717, 1.165) is 45.3 Å². The summed E-state index contributed by atoms with van der Waals surface area (Å²) in [6.45, 7) is 6.89. The van der Waals surface area contributed by atoms with Gasteiger partial charge in [-0.2, -0.15) is 0 Å². The molecule has 3 nitrogen and oxygen atoms in total. The van der Waals surface area contributed by atoms with E-state index in [0.29, 0.717) is 6.54 Å². The fraction of sp³-hybridized carbons (Fsp3) is 0.160. The number of nitrogens with zero attached hydrogens (tertiary/aromatic N) is 2. The maximum atomic E-state index is 6.55. The smallest absolute Gasteiger partial charge is 0.210 e. The quantitative estimate of drug-likeness (QED) is 0.407. The molecule has 3 heterocycles. The van der Waals surface area contributed by atoms with Crippen molar-refractivity contribution < 1.29 is 4.42 Å². The standard InChI is InChI=1S/C25H22N2O/c1-16-6-10-19(11-7-16)23-21-15-26-18(3)22-5-4-14-27(22)25(21)28-24(23)20-12-8-17(2)9-13-20/h4-14H,15H2,1-3H3. The molecule has 2 aromatic carbocycles. The summed E-state index contributed by atoms with van der Waals surface area (Å²) in [6, 6.07) is 21.3. The summed E-state index contributed by atoms with van der Waals surface area (Å²) in [5.41, 5.74) is 9.11. The van der Waals surface area contributed by atoms with Gasteiger partial charge in [0.15, 0.2) is 0 Å². The van der Waals surface area contributed by atoms with Crippen LogP contribution in [0.4, 0.5) is 0 Å². The molecule has 5 rings (SSSR count). The van der Waals surface area contributed by atoms with Gasteiger partial charge in [0.25, 0.3) is 0 Å². The van der Waals surface area contributed by atoms with Gasteiger partial charge in [-0.3, -0.25) is 9.56 Å². The van der Waals surface area contributed by atoms with Crippen LogP contribution < -0.4 is 0 Å². The fourth-order valence-electron chi connectivity index (χ4n) is 3.86. The van der Waals surface area contributed by atoms with Crippen LogP contribution in [0.1, 0.15) is 29.3 Å². The van der Waals surface area contributed by atoms with Gasteiger partial charge in [0.2, 0.25) is 5.88 Å².